The van der Waals surface area contributed by atoms with E-state index in [0.717, 1.165) is 0 Å². The Morgan fingerprint density at radius 2 is 1.95 bits per heavy atom. The summed E-state index contributed by atoms with van der Waals surface area (Å²) in [5.41, 5.74) is 5.77. The highest BCUT2D eigenvalue weighted by molar-refractivity contribution is 5.92. The zero-order chi connectivity index (χ0) is 14.6. The number of nitrogens with one attached hydrogen (secondary N) is 1. The number of nitrogens with two attached hydrogens (primary N) is 1. The molecule has 0 heterocycles. The van der Waals surface area contributed by atoms with Gasteiger partial charge in [0.2, 0.25) is 5.91 Å². The molecule has 0 aromatic heterocycles. The van der Waals surface area contributed by atoms with Gasteiger partial charge in [-0.15, -0.1) is 0 Å². The minimum Gasteiger partial charge on any atom is -0.491 e. The van der Waals surface area contributed by atoms with Crippen molar-refractivity contribution in [1.29, 1.82) is 0 Å². The molecule has 106 valence electrons. The normalized spacial score (nSPS) is 14.1. The summed E-state index contributed by atoms with van der Waals surface area (Å²) in [5, 5.41) is 2.52. The van der Waals surface area contributed by atoms with E-state index in [0.29, 0.717) is 5.75 Å². The highest BCUT2D eigenvalue weighted by Gasteiger charge is 2.18. The van der Waals surface area contributed by atoms with E-state index in [-0.39, 0.29) is 29.7 Å². The van der Waals surface area contributed by atoms with Crippen molar-refractivity contribution in [3.05, 3.63) is 24.0 Å². The van der Waals surface area contributed by atoms with Crippen LogP contribution in [-0.4, -0.2) is 18.1 Å². The van der Waals surface area contributed by atoms with Crippen molar-refractivity contribution in [3.63, 3.8) is 0 Å². The Labute approximate surface area is 113 Å². The quantitative estimate of drug-likeness (QED) is 0.862. The molecule has 0 spiro atoms. The molecule has 19 heavy (non-hydrogen) atoms. The summed E-state index contributed by atoms with van der Waals surface area (Å²) >= 11 is 0. The van der Waals surface area contributed by atoms with Gasteiger partial charge in [-0.2, -0.15) is 0 Å². The number of carbonyl (C=O) groups is 1. The van der Waals surface area contributed by atoms with E-state index in [1.807, 2.05) is 13.8 Å². The zero-order valence-corrected chi connectivity index (χ0v) is 11.7. The van der Waals surface area contributed by atoms with Crippen molar-refractivity contribution in [1.82, 2.24) is 0 Å². The van der Waals surface area contributed by atoms with Gasteiger partial charge in [-0.1, -0.05) is 6.92 Å². The standard InChI is InChI=1S/C14H21FN2O2/c1-8(2)19-11-5-6-13(12(15)7-11)17-14(18)9(3)10(4)16/h5-10H,16H2,1-4H3,(H,17,18). The minimum absolute atomic E-state index is 0.0297. The van der Waals surface area contributed by atoms with Gasteiger partial charge in [0.25, 0.3) is 0 Å². The van der Waals surface area contributed by atoms with Crippen LogP contribution in [0.4, 0.5) is 10.1 Å². The third-order valence-electron chi connectivity index (χ3n) is 2.77. The van der Waals surface area contributed by atoms with Gasteiger partial charge in [-0.25, -0.2) is 4.39 Å². The van der Waals surface area contributed by atoms with Crippen LogP contribution in [0.2, 0.25) is 0 Å². The molecule has 0 aliphatic carbocycles. The Hall–Kier alpha value is -1.62. The van der Waals surface area contributed by atoms with Gasteiger partial charge in [0.05, 0.1) is 17.7 Å². The van der Waals surface area contributed by atoms with E-state index >= 15 is 0 Å². The Balaban J connectivity index is 2.77. The molecule has 2 atom stereocenters. The van der Waals surface area contributed by atoms with E-state index in [9.17, 15) is 9.18 Å². The molecular weight excluding hydrogens is 247 g/mol. The predicted octanol–water partition coefficient (Wildman–Crippen LogP) is 2.53. The molecular formula is C14H21FN2O2. The van der Waals surface area contributed by atoms with Gasteiger partial charge < -0.3 is 15.8 Å². The number of ether oxygens (including phenoxy) is 1. The number of hydrogen-bond acceptors (Lipinski definition) is 3. The first kappa shape index (κ1) is 15.4. The Morgan fingerprint density at radius 1 is 1.32 bits per heavy atom. The molecule has 3 N–H and O–H groups in total. The molecule has 1 amide bonds. The molecule has 0 saturated heterocycles. The number of amides is 1. The molecule has 0 aliphatic rings. The molecule has 0 aliphatic heterocycles. The fourth-order valence-electron chi connectivity index (χ4n) is 1.43. The Kier molecular flexibility index (Phi) is 5.30. The molecule has 1 rings (SSSR count). The fourth-order valence-corrected chi connectivity index (χ4v) is 1.43. The second-order valence-corrected chi connectivity index (χ2v) is 4.95. The van der Waals surface area contributed by atoms with E-state index in [2.05, 4.69) is 5.32 Å². The van der Waals surface area contributed by atoms with Crippen molar-refractivity contribution in [2.24, 2.45) is 11.7 Å². The monoisotopic (exact) mass is 268 g/mol. The number of carbonyl (C=O) groups excluding carboxylic acids is 1. The molecule has 4 nitrogen and oxygen atoms in total. The average molecular weight is 268 g/mol. The van der Waals surface area contributed by atoms with E-state index in [1.165, 1.54) is 12.1 Å². The van der Waals surface area contributed by atoms with Crippen LogP contribution in [0, 0.1) is 11.7 Å². The Bertz CT molecular complexity index is 447. The third kappa shape index (κ3) is 4.52. The van der Waals surface area contributed by atoms with Gasteiger partial charge in [0.15, 0.2) is 0 Å². The number of benzene rings is 1. The second-order valence-electron chi connectivity index (χ2n) is 4.95. The summed E-state index contributed by atoms with van der Waals surface area (Å²) < 4.78 is 19.2. The first-order chi connectivity index (χ1) is 8.81. The lowest BCUT2D eigenvalue weighted by Gasteiger charge is -2.16. The van der Waals surface area contributed by atoms with Crippen molar-refractivity contribution in [2.45, 2.75) is 39.8 Å². The predicted molar refractivity (Wildman–Crippen MR) is 73.6 cm³/mol. The van der Waals surface area contributed by atoms with E-state index in [4.69, 9.17) is 10.5 Å². The number of anilines is 1. The lowest BCUT2D eigenvalue weighted by Crippen LogP contribution is -2.34. The lowest BCUT2D eigenvalue weighted by atomic mass is 10.0. The average Bonchev–Trinajstić information content (AvgIpc) is 2.30. The second kappa shape index (κ2) is 6.52. The smallest absolute Gasteiger partial charge is 0.228 e. The third-order valence-corrected chi connectivity index (χ3v) is 2.77. The summed E-state index contributed by atoms with van der Waals surface area (Å²) in [5.74, 6) is -0.772. The van der Waals surface area contributed by atoms with Crippen LogP contribution < -0.4 is 15.8 Å². The molecule has 0 fully saturated rings. The minimum atomic E-state index is -0.525. The molecule has 1 aromatic rings. The molecule has 0 bridgehead atoms. The SMILES string of the molecule is CC(C)Oc1ccc(NC(=O)C(C)C(C)N)c(F)c1. The van der Waals surface area contributed by atoms with Gasteiger partial charge in [-0.3, -0.25) is 4.79 Å². The number of rotatable bonds is 5. The first-order valence-electron chi connectivity index (χ1n) is 6.34. The van der Waals surface area contributed by atoms with Crippen LogP contribution in [0.3, 0.4) is 0 Å². The van der Waals surface area contributed by atoms with Crippen LogP contribution >= 0.6 is 0 Å². The number of halogens is 1. The zero-order valence-electron chi connectivity index (χ0n) is 11.7. The highest BCUT2D eigenvalue weighted by Crippen LogP contribution is 2.22. The largest absolute Gasteiger partial charge is 0.491 e. The van der Waals surface area contributed by atoms with Crippen molar-refractivity contribution >= 4 is 11.6 Å². The maximum Gasteiger partial charge on any atom is 0.228 e. The van der Waals surface area contributed by atoms with Gasteiger partial charge in [-0.05, 0) is 32.9 Å². The first-order valence-corrected chi connectivity index (χ1v) is 6.34. The molecule has 5 heteroatoms. The van der Waals surface area contributed by atoms with Crippen LogP contribution in [0.25, 0.3) is 0 Å². The van der Waals surface area contributed by atoms with E-state index in [1.54, 1.807) is 19.9 Å². The number of hydrogen-bond donors (Lipinski definition) is 2. The maximum atomic E-state index is 13.8. The summed E-state index contributed by atoms with van der Waals surface area (Å²) in [4.78, 5) is 11.8. The molecule has 0 radical (unpaired) electrons. The topological polar surface area (TPSA) is 64.3 Å². The van der Waals surface area contributed by atoms with Gasteiger partial charge in [0, 0.05) is 12.1 Å². The highest BCUT2D eigenvalue weighted by atomic mass is 19.1. The summed E-state index contributed by atoms with van der Waals surface area (Å²) in [6.45, 7) is 7.16. The van der Waals surface area contributed by atoms with Crippen molar-refractivity contribution < 1.29 is 13.9 Å². The maximum absolute atomic E-state index is 13.8. The molecule has 1 aromatic carbocycles. The Morgan fingerprint density at radius 3 is 2.42 bits per heavy atom. The summed E-state index contributed by atoms with van der Waals surface area (Å²) in [6, 6.07) is 4.08. The summed E-state index contributed by atoms with van der Waals surface area (Å²) in [7, 11) is 0. The lowest BCUT2D eigenvalue weighted by molar-refractivity contribution is -0.119. The van der Waals surface area contributed by atoms with Crippen molar-refractivity contribution in [2.75, 3.05) is 5.32 Å². The fraction of sp³-hybridized carbons (Fsp3) is 0.500. The molecule has 2 unspecified atom stereocenters. The summed E-state index contributed by atoms with van der Waals surface area (Å²) in [6.07, 6.45) is -0.0297. The van der Waals surface area contributed by atoms with Crippen LogP contribution in [0.15, 0.2) is 18.2 Å². The van der Waals surface area contributed by atoms with Gasteiger partial charge in [0.1, 0.15) is 11.6 Å². The van der Waals surface area contributed by atoms with Crippen molar-refractivity contribution in [3.8, 4) is 5.75 Å². The van der Waals surface area contributed by atoms with Crippen LogP contribution in [0.5, 0.6) is 5.75 Å². The molecule has 0 saturated carbocycles. The van der Waals surface area contributed by atoms with Gasteiger partial charge >= 0.3 is 0 Å². The van der Waals surface area contributed by atoms with Crippen LogP contribution in [0.1, 0.15) is 27.7 Å². The van der Waals surface area contributed by atoms with Crippen LogP contribution in [-0.2, 0) is 4.79 Å². The van der Waals surface area contributed by atoms with E-state index < -0.39 is 5.82 Å².